The van der Waals surface area contributed by atoms with Crippen molar-refractivity contribution in [3.63, 3.8) is 0 Å². The maximum Gasteiger partial charge on any atom is 0.376 e. The maximum absolute atomic E-state index is 12.7. The van der Waals surface area contributed by atoms with Crippen molar-refractivity contribution in [1.29, 1.82) is 0 Å². The number of carbonyl (C=O) groups excluding carboxylic acids is 2. The first-order valence-corrected chi connectivity index (χ1v) is 7.71. The van der Waals surface area contributed by atoms with Crippen molar-refractivity contribution in [1.82, 2.24) is 0 Å². The molecule has 2 saturated carbocycles. The molecule has 2 saturated heterocycles. The Bertz CT molecular complexity index is 461. The van der Waals surface area contributed by atoms with Crippen LogP contribution in [0.3, 0.4) is 0 Å². The molecule has 0 aromatic carbocycles. The summed E-state index contributed by atoms with van der Waals surface area (Å²) in [7, 11) is 0. The van der Waals surface area contributed by atoms with Gasteiger partial charge in [0.15, 0.2) is 0 Å². The summed E-state index contributed by atoms with van der Waals surface area (Å²) in [6, 6.07) is 0. The predicted molar refractivity (Wildman–Crippen MR) is 70.1 cm³/mol. The summed E-state index contributed by atoms with van der Waals surface area (Å²) in [5.74, 6) is -4.44. The monoisotopic (exact) mass is 318 g/mol. The highest BCUT2D eigenvalue weighted by Gasteiger charge is 2.50. The molecule has 2 aliphatic heterocycles. The summed E-state index contributed by atoms with van der Waals surface area (Å²) in [6.07, 6.45) is 3.01. The Morgan fingerprint density at radius 3 is 2.77 bits per heavy atom. The van der Waals surface area contributed by atoms with Crippen LogP contribution in [0.25, 0.3) is 0 Å². The van der Waals surface area contributed by atoms with Crippen LogP contribution < -0.4 is 0 Å². The van der Waals surface area contributed by atoms with Crippen molar-refractivity contribution in [2.75, 3.05) is 13.2 Å². The lowest BCUT2D eigenvalue weighted by atomic mass is 9.67. The van der Waals surface area contributed by atoms with Gasteiger partial charge in [0.2, 0.25) is 0 Å². The van der Waals surface area contributed by atoms with Crippen LogP contribution in [-0.2, 0) is 23.8 Å². The van der Waals surface area contributed by atoms with Gasteiger partial charge in [-0.15, -0.1) is 0 Å². The number of ether oxygens (including phenoxy) is 3. The third-order valence-electron chi connectivity index (χ3n) is 4.82. The van der Waals surface area contributed by atoms with Gasteiger partial charge in [0.05, 0.1) is 18.6 Å². The summed E-state index contributed by atoms with van der Waals surface area (Å²) in [5.41, 5.74) is 0. The molecule has 0 N–H and O–H groups in total. The van der Waals surface area contributed by atoms with E-state index in [0.29, 0.717) is 12.8 Å². The minimum Gasteiger partial charge on any atom is -0.459 e. The summed E-state index contributed by atoms with van der Waals surface area (Å²) in [4.78, 5) is 22.9. The third kappa shape index (κ3) is 3.09. The van der Waals surface area contributed by atoms with Crippen LogP contribution in [-0.4, -0.2) is 43.3 Å². The standard InChI is InChI=1S/C15H20F2O5/c1-15(16,17)14(19)21-3-2-20-12-9-4-8-5-10(7-9)13(18)22-11(12)6-8/h8-12H,2-7H2,1H3. The SMILES string of the molecule is CC(F)(F)C(=O)OCCOC1C2CC3CC(C2)C(=O)OC1C3. The second-order valence-electron chi connectivity index (χ2n) is 6.60. The second kappa shape index (κ2) is 5.76. The van der Waals surface area contributed by atoms with E-state index in [2.05, 4.69) is 4.74 Å². The van der Waals surface area contributed by atoms with E-state index in [9.17, 15) is 18.4 Å². The zero-order valence-electron chi connectivity index (χ0n) is 12.4. The first-order chi connectivity index (χ1) is 10.3. The van der Waals surface area contributed by atoms with Gasteiger partial charge in [-0.1, -0.05) is 0 Å². The lowest BCUT2D eigenvalue weighted by Crippen LogP contribution is -2.44. The Morgan fingerprint density at radius 1 is 1.27 bits per heavy atom. The van der Waals surface area contributed by atoms with Gasteiger partial charge < -0.3 is 14.2 Å². The predicted octanol–water partition coefficient (Wildman–Crippen LogP) is 1.93. The van der Waals surface area contributed by atoms with Gasteiger partial charge >= 0.3 is 17.9 Å². The zero-order valence-corrected chi connectivity index (χ0v) is 12.4. The van der Waals surface area contributed by atoms with Crippen LogP contribution in [0.5, 0.6) is 0 Å². The summed E-state index contributed by atoms with van der Waals surface area (Å²) in [6.45, 7) is 0.309. The van der Waals surface area contributed by atoms with Crippen molar-refractivity contribution in [3.05, 3.63) is 0 Å². The van der Waals surface area contributed by atoms with Crippen LogP contribution in [0.4, 0.5) is 8.78 Å². The number of alkyl halides is 2. The molecular formula is C15H20F2O5. The van der Waals surface area contributed by atoms with Crippen molar-refractivity contribution in [2.45, 2.75) is 50.7 Å². The van der Waals surface area contributed by atoms with Gasteiger partial charge in [0, 0.05) is 6.92 Å². The highest BCUT2D eigenvalue weighted by atomic mass is 19.3. The second-order valence-corrected chi connectivity index (χ2v) is 6.60. The minimum absolute atomic E-state index is 0.0287. The van der Waals surface area contributed by atoms with E-state index in [1.807, 2.05) is 0 Å². The molecule has 4 rings (SSSR count). The van der Waals surface area contributed by atoms with E-state index in [0.717, 1.165) is 25.7 Å². The van der Waals surface area contributed by atoms with E-state index < -0.39 is 11.9 Å². The number of fused-ring (bicyclic) bond motifs is 1. The third-order valence-corrected chi connectivity index (χ3v) is 4.82. The number of halogens is 2. The molecule has 5 nitrogen and oxygen atoms in total. The average Bonchev–Trinajstić information content (AvgIpc) is 2.59. The van der Waals surface area contributed by atoms with Crippen LogP contribution in [0.2, 0.25) is 0 Å². The van der Waals surface area contributed by atoms with Gasteiger partial charge in [-0.3, -0.25) is 4.79 Å². The van der Waals surface area contributed by atoms with Crippen molar-refractivity contribution in [2.24, 2.45) is 17.8 Å². The molecule has 0 aromatic rings. The lowest BCUT2D eigenvalue weighted by molar-refractivity contribution is -0.174. The fraction of sp³-hybridized carbons (Fsp3) is 0.867. The van der Waals surface area contributed by atoms with Crippen molar-refractivity contribution < 1.29 is 32.6 Å². The number of rotatable bonds is 5. The van der Waals surface area contributed by atoms with E-state index in [4.69, 9.17) is 9.47 Å². The van der Waals surface area contributed by atoms with Gasteiger partial charge in [-0.25, -0.2) is 4.79 Å². The molecule has 4 aliphatic rings. The molecule has 2 heterocycles. The van der Waals surface area contributed by atoms with Crippen LogP contribution in [0.15, 0.2) is 0 Å². The van der Waals surface area contributed by atoms with E-state index in [1.165, 1.54) is 0 Å². The molecule has 4 fully saturated rings. The molecule has 22 heavy (non-hydrogen) atoms. The zero-order chi connectivity index (χ0) is 15.9. The normalized spacial score (nSPS) is 36.9. The topological polar surface area (TPSA) is 61.8 Å². The Labute approximate surface area is 127 Å². The van der Waals surface area contributed by atoms with Crippen LogP contribution in [0, 0.1) is 17.8 Å². The van der Waals surface area contributed by atoms with Crippen LogP contribution >= 0.6 is 0 Å². The Hall–Kier alpha value is -1.24. The quantitative estimate of drug-likeness (QED) is 0.572. The van der Waals surface area contributed by atoms with Gasteiger partial charge in [0.1, 0.15) is 12.7 Å². The molecule has 5 unspecified atom stereocenters. The molecule has 5 atom stereocenters. The molecule has 0 aromatic heterocycles. The van der Waals surface area contributed by atoms with Gasteiger partial charge in [-0.05, 0) is 37.5 Å². The molecule has 124 valence electrons. The van der Waals surface area contributed by atoms with Crippen molar-refractivity contribution in [3.8, 4) is 0 Å². The maximum atomic E-state index is 12.7. The Balaban J connectivity index is 1.51. The Kier molecular flexibility index (Phi) is 4.09. The first kappa shape index (κ1) is 15.6. The molecule has 0 spiro atoms. The number of hydrogen-bond acceptors (Lipinski definition) is 5. The summed E-state index contributed by atoms with van der Waals surface area (Å²) < 4.78 is 41.0. The fourth-order valence-electron chi connectivity index (χ4n) is 3.95. The molecule has 0 amide bonds. The first-order valence-electron chi connectivity index (χ1n) is 7.71. The highest BCUT2D eigenvalue weighted by Crippen LogP contribution is 2.48. The molecular weight excluding hydrogens is 298 g/mol. The molecule has 7 heteroatoms. The van der Waals surface area contributed by atoms with E-state index >= 15 is 0 Å². The minimum atomic E-state index is -3.49. The highest BCUT2D eigenvalue weighted by molar-refractivity contribution is 5.76. The number of carbonyl (C=O) groups is 2. The molecule has 0 radical (unpaired) electrons. The Morgan fingerprint density at radius 2 is 2.05 bits per heavy atom. The summed E-state index contributed by atoms with van der Waals surface area (Å²) >= 11 is 0. The largest absolute Gasteiger partial charge is 0.459 e. The average molecular weight is 318 g/mol. The fourth-order valence-corrected chi connectivity index (χ4v) is 3.95. The smallest absolute Gasteiger partial charge is 0.376 e. The number of hydrogen-bond donors (Lipinski definition) is 0. The summed E-state index contributed by atoms with van der Waals surface area (Å²) in [5, 5.41) is 0. The van der Waals surface area contributed by atoms with Gasteiger partial charge in [0.25, 0.3) is 0 Å². The van der Waals surface area contributed by atoms with Gasteiger partial charge in [-0.2, -0.15) is 8.78 Å². The van der Waals surface area contributed by atoms with E-state index in [1.54, 1.807) is 0 Å². The van der Waals surface area contributed by atoms with Crippen molar-refractivity contribution >= 4 is 11.9 Å². The van der Waals surface area contributed by atoms with E-state index in [-0.39, 0.29) is 43.2 Å². The lowest BCUT2D eigenvalue weighted by Gasteiger charge is -2.41. The number of esters is 2. The van der Waals surface area contributed by atoms with Crippen LogP contribution in [0.1, 0.15) is 32.6 Å². The molecule has 4 bridgehead atoms. The molecule has 2 aliphatic carbocycles.